The van der Waals surface area contributed by atoms with Crippen molar-refractivity contribution in [3.05, 3.63) is 155 Å². The van der Waals surface area contributed by atoms with Gasteiger partial charge in [0.1, 0.15) is 0 Å². The molecule has 0 saturated carbocycles. The fourth-order valence-electron chi connectivity index (χ4n) is 10.5. The molecule has 0 aromatic heterocycles. The highest BCUT2D eigenvalue weighted by molar-refractivity contribution is 6.26. The van der Waals surface area contributed by atoms with Gasteiger partial charge in [0, 0.05) is 10.8 Å². The third-order valence-corrected chi connectivity index (χ3v) is 13.6. The molecule has 0 atom stereocenters. The van der Waals surface area contributed by atoms with Crippen LogP contribution in [0.3, 0.4) is 0 Å². The Hall–Kier alpha value is -5.20. The molecule has 0 radical (unpaired) electrons. The lowest BCUT2D eigenvalue weighted by Gasteiger charge is -2.30. The number of aryl methyl sites for hydroxylation is 1. The predicted molar refractivity (Wildman–Crippen MR) is 229 cm³/mol. The van der Waals surface area contributed by atoms with Crippen molar-refractivity contribution in [1.29, 1.82) is 0 Å². The summed E-state index contributed by atoms with van der Waals surface area (Å²) in [5.41, 5.74) is 19.4. The maximum absolute atomic E-state index is 2.51. The Morgan fingerprint density at radius 3 is 1.62 bits per heavy atom. The highest BCUT2D eigenvalue weighted by Crippen LogP contribution is 2.55. The lowest BCUT2D eigenvalue weighted by atomic mass is 9.73. The summed E-state index contributed by atoms with van der Waals surface area (Å²) in [7, 11) is 0. The van der Waals surface area contributed by atoms with Crippen LogP contribution in [-0.4, -0.2) is 0 Å². The van der Waals surface area contributed by atoms with Gasteiger partial charge in [0.2, 0.25) is 0 Å². The zero-order valence-electron chi connectivity index (χ0n) is 32.5. The van der Waals surface area contributed by atoms with Crippen molar-refractivity contribution < 1.29 is 0 Å². The molecular weight excluding hydrogens is 637 g/mol. The fourth-order valence-corrected chi connectivity index (χ4v) is 10.5. The molecule has 260 valence electrons. The van der Waals surface area contributed by atoms with Crippen molar-refractivity contribution in [3.8, 4) is 44.5 Å². The third kappa shape index (κ3) is 4.36. The molecule has 0 bridgehead atoms. The molecule has 0 amide bonds. The minimum absolute atomic E-state index is 0.0728. The van der Waals surface area contributed by atoms with Gasteiger partial charge in [-0.2, -0.15) is 0 Å². The first-order valence-corrected chi connectivity index (χ1v) is 19.7. The molecule has 53 heavy (non-hydrogen) atoms. The van der Waals surface area contributed by atoms with Gasteiger partial charge in [-0.3, -0.25) is 0 Å². The largest absolute Gasteiger partial charge is 0.0642 e. The van der Waals surface area contributed by atoms with Gasteiger partial charge < -0.3 is 0 Å². The Morgan fingerprint density at radius 1 is 0.472 bits per heavy atom. The van der Waals surface area contributed by atoms with Crippen LogP contribution in [0.2, 0.25) is 0 Å². The van der Waals surface area contributed by atoms with Gasteiger partial charge >= 0.3 is 0 Å². The molecule has 2 aliphatic carbocycles. The average Bonchev–Trinajstić information content (AvgIpc) is 3.57. The van der Waals surface area contributed by atoms with E-state index < -0.39 is 0 Å². The van der Waals surface area contributed by atoms with Crippen LogP contribution in [0.5, 0.6) is 0 Å². The Kier molecular flexibility index (Phi) is 6.69. The lowest BCUT2D eigenvalue weighted by molar-refractivity contribution is 0.490. The molecular formula is C53H48. The van der Waals surface area contributed by atoms with Crippen LogP contribution in [0.25, 0.3) is 76.8 Å². The molecule has 0 fully saturated rings. The molecule has 8 aromatic carbocycles. The molecule has 2 aliphatic rings. The van der Waals surface area contributed by atoms with Crippen molar-refractivity contribution in [1.82, 2.24) is 0 Å². The third-order valence-electron chi connectivity index (χ3n) is 13.6. The van der Waals surface area contributed by atoms with E-state index in [1.54, 1.807) is 0 Å². The Bertz CT molecular complexity index is 2790. The monoisotopic (exact) mass is 684 g/mol. The van der Waals surface area contributed by atoms with E-state index >= 15 is 0 Å². The summed E-state index contributed by atoms with van der Waals surface area (Å²) in [5, 5.41) is 8.17. The van der Waals surface area contributed by atoms with E-state index in [1.165, 1.54) is 110 Å². The van der Waals surface area contributed by atoms with Crippen LogP contribution in [-0.2, 0) is 16.2 Å². The zero-order chi connectivity index (χ0) is 36.6. The molecule has 0 unspecified atom stereocenters. The first-order chi connectivity index (χ1) is 25.4. The van der Waals surface area contributed by atoms with E-state index in [0.717, 1.165) is 12.8 Å². The Balaban J connectivity index is 1.08. The second-order valence-electron chi connectivity index (χ2n) is 17.6. The molecule has 0 heterocycles. The number of rotatable bonds is 4. The van der Waals surface area contributed by atoms with E-state index in [2.05, 4.69) is 177 Å². The van der Waals surface area contributed by atoms with Gasteiger partial charge in [0.15, 0.2) is 0 Å². The Morgan fingerprint density at radius 2 is 1.00 bits per heavy atom. The SMILES string of the molecule is CCC1(CC)c2ccccc2-c2ccc(-c3ccc4c(c3)C(C)(C)c3cc(-c5cc(C)c6ccc7cc(C(C)(C)C)cc8ccc5c6c78)ccc3-4)cc21. The highest BCUT2D eigenvalue weighted by atomic mass is 14.4. The second-order valence-corrected chi connectivity index (χ2v) is 17.6. The lowest BCUT2D eigenvalue weighted by Crippen LogP contribution is -2.23. The summed E-state index contributed by atoms with van der Waals surface area (Å²) in [6.07, 6.45) is 2.21. The van der Waals surface area contributed by atoms with Crippen molar-refractivity contribution in [2.24, 2.45) is 0 Å². The molecule has 0 heteroatoms. The van der Waals surface area contributed by atoms with Gasteiger partial charge in [0.25, 0.3) is 0 Å². The summed E-state index contributed by atoms with van der Waals surface area (Å²) in [6, 6.07) is 47.5. The smallest absolute Gasteiger partial charge is 0.0210 e. The summed E-state index contributed by atoms with van der Waals surface area (Å²) in [4.78, 5) is 0. The molecule has 0 nitrogen and oxygen atoms in total. The van der Waals surface area contributed by atoms with Crippen LogP contribution < -0.4 is 0 Å². The van der Waals surface area contributed by atoms with E-state index in [9.17, 15) is 0 Å². The first-order valence-electron chi connectivity index (χ1n) is 19.7. The van der Waals surface area contributed by atoms with Gasteiger partial charge in [0.05, 0.1) is 0 Å². The number of benzene rings is 8. The van der Waals surface area contributed by atoms with Crippen LogP contribution in [0.1, 0.15) is 94.7 Å². The van der Waals surface area contributed by atoms with Crippen LogP contribution >= 0.6 is 0 Å². The van der Waals surface area contributed by atoms with E-state index in [4.69, 9.17) is 0 Å². The maximum atomic E-state index is 2.51. The van der Waals surface area contributed by atoms with E-state index in [-0.39, 0.29) is 16.2 Å². The standard InChI is InChI=1S/C53H48/c1-9-53(10-2)45-14-12-11-13-39(45)42-22-16-33(29-48(42)53)32-15-21-40-41-23-17-34(30-47(41)52(7,8)46(40)28-32)44-25-31(3)38-20-18-35-26-37(51(4,5)6)27-36-19-24-43(44)50(38)49(35)36/h11-30H,9-10H2,1-8H3. The summed E-state index contributed by atoms with van der Waals surface area (Å²) in [6.45, 7) is 18.8. The van der Waals surface area contributed by atoms with Gasteiger partial charge in [-0.25, -0.2) is 0 Å². The molecule has 0 spiro atoms. The van der Waals surface area contributed by atoms with E-state index in [0.29, 0.717) is 0 Å². The normalized spacial score (nSPS) is 15.2. The van der Waals surface area contributed by atoms with Gasteiger partial charge in [-0.15, -0.1) is 0 Å². The van der Waals surface area contributed by atoms with Gasteiger partial charge in [-0.1, -0.05) is 152 Å². The Labute approximate surface area is 314 Å². The van der Waals surface area contributed by atoms with Crippen molar-refractivity contribution in [3.63, 3.8) is 0 Å². The molecule has 0 aliphatic heterocycles. The minimum atomic E-state index is -0.123. The molecule has 10 rings (SSSR count). The first kappa shape index (κ1) is 32.5. The van der Waals surface area contributed by atoms with Crippen molar-refractivity contribution in [2.75, 3.05) is 0 Å². The van der Waals surface area contributed by atoms with Gasteiger partial charge in [-0.05, 0) is 154 Å². The maximum Gasteiger partial charge on any atom is 0.0210 e. The number of hydrogen-bond acceptors (Lipinski definition) is 0. The fraction of sp³-hybridized carbons (Fsp3) is 0.245. The zero-order valence-corrected chi connectivity index (χ0v) is 32.5. The molecule has 0 saturated heterocycles. The van der Waals surface area contributed by atoms with Crippen molar-refractivity contribution in [2.45, 2.75) is 84.5 Å². The average molecular weight is 685 g/mol. The summed E-state index contributed by atoms with van der Waals surface area (Å²) < 4.78 is 0. The van der Waals surface area contributed by atoms with Crippen molar-refractivity contribution >= 4 is 32.3 Å². The second kappa shape index (κ2) is 10.9. The van der Waals surface area contributed by atoms with Crippen LogP contribution in [0.4, 0.5) is 0 Å². The van der Waals surface area contributed by atoms with Crippen LogP contribution in [0, 0.1) is 6.92 Å². The summed E-state index contributed by atoms with van der Waals surface area (Å²) >= 11 is 0. The molecule has 0 N–H and O–H groups in total. The predicted octanol–water partition coefficient (Wildman–Crippen LogP) is 14.9. The minimum Gasteiger partial charge on any atom is -0.0642 e. The topological polar surface area (TPSA) is 0 Å². The molecule has 8 aromatic rings. The number of hydrogen-bond donors (Lipinski definition) is 0. The summed E-state index contributed by atoms with van der Waals surface area (Å²) in [5.74, 6) is 0. The van der Waals surface area contributed by atoms with E-state index in [1.807, 2.05) is 0 Å². The highest BCUT2D eigenvalue weighted by Gasteiger charge is 2.41. The number of fused-ring (bicyclic) bond motifs is 6. The van der Waals surface area contributed by atoms with Crippen LogP contribution in [0.15, 0.2) is 121 Å². The quantitative estimate of drug-likeness (QED) is 0.162.